The summed E-state index contributed by atoms with van der Waals surface area (Å²) in [4.78, 5) is 27.0. The Labute approximate surface area is 182 Å². The Morgan fingerprint density at radius 3 is 2.59 bits per heavy atom. The summed E-state index contributed by atoms with van der Waals surface area (Å²) in [6.07, 6.45) is 3.73. The zero-order valence-electron chi connectivity index (χ0n) is 17.5. The van der Waals surface area contributed by atoms with Crippen LogP contribution in [0.4, 0.5) is 5.00 Å². The summed E-state index contributed by atoms with van der Waals surface area (Å²) in [6.45, 7) is 9.45. The molecule has 1 atom stereocenters. The smallest absolute Gasteiger partial charge is 0.257 e. The van der Waals surface area contributed by atoms with Crippen molar-refractivity contribution >= 4 is 39.8 Å². The summed E-state index contributed by atoms with van der Waals surface area (Å²) in [5.41, 5.74) is 2.35. The number of anilines is 1. The van der Waals surface area contributed by atoms with Crippen molar-refractivity contribution in [3.8, 4) is 0 Å². The lowest BCUT2D eigenvalue weighted by Crippen LogP contribution is -2.29. The third-order valence-corrected chi connectivity index (χ3v) is 7.10. The van der Waals surface area contributed by atoms with E-state index in [-0.39, 0.29) is 17.2 Å². The van der Waals surface area contributed by atoms with Crippen molar-refractivity contribution in [2.75, 3.05) is 11.9 Å². The van der Waals surface area contributed by atoms with Crippen LogP contribution in [-0.4, -0.2) is 18.4 Å². The Morgan fingerprint density at radius 1 is 1.21 bits per heavy atom. The topological polar surface area (TPSA) is 58.2 Å². The summed E-state index contributed by atoms with van der Waals surface area (Å²) < 4.78 is 0. The Hall–Kier alpha value is -1.85. The first-order chi connectivity index (χ1) is 13.7. The molecule has 0 unspecified atom stereocenters. The van der Waals surface area contributed by atoms with E-state index in [1.54, 1.807) is 24.3 Å². The number of halogens is 1. The van der Waals surface area contributed by atoms with Gasteiger partial charge in [0.05, 0.1) is 16.1 Å². The molecule has 2 N–H and O–H groups in total. The number of hydrogen-bond acceptors (Lipinski definition) is 3. The van der Waals surface area contributed by atoms with Crippen LogP contribution in [0, 0.1) is 11.3 Å². The molecule has 1 aromatic carbocycles. The molecule has 0 saturated heterocycles. The van der Waals surface area contributed by atoms with E-state index in [0.717, 1.165) is 31.2 Å². The molecular weight excluding hydrogens is 404 g/mol. The molecule has 0 bridgehead atoms. The maximum atomic E-state index is 12.9. The molecule has 1 aliphatic rings. The summed E-state index contributed by atoms with van der Waals surface area (Å²) >= 11 is 7.73. The van der Waals surface area contributed by atoms with Gasteiger partial charge in [-0.15, -0.1) is 11.3 Å². The van der Waals surface area contributed by atoms with E-state index in [4.69, 9.17) is 11.6 Å². The second-order valence-corrected chi connectivity index (χ2v) is 10.2. The van der Waals surface area contributed by atoms with Gasteiger partial charge in [0.25, 0.3) is 11.8 Å². The maximum absolute atomic E-state index is 12.9. The highest BCUT2D eigenvalue weighted by molar-refractivity contribution is 7.17. The number of carbonyl (C=O) groups is 2. The quantitative estimate of drug-likeness (QED) is 0.613. The van der Waals surface area contributed by atoms with E-state index >= 15 is 0 Å². The van der Waals surface area contributed by atoms with E-state index in [0.29, 0.717) is 33.6 Å². The molecule has 2 aromatic rings. The number of nitrogens with one attached hydrogen (secondary N) is 2. The minimum Gasteiger partial charge on any atom is -0.352 e. The van der Waals surface area contributed by atoms with E-state index in [1.165, 1.54) is 16.2 Å². The maximum Gasteiger partial charge on any atom is 0.257 e. The molecule has 6 heteroatoms. The molecule has 1 aliphatic carbocycles. The Kier molecular flexibility index (Phi) is 6.69. The summed E-state index contributed by atoms with van der Waals surface area (Å²) in [5, 5.41) is 6.98. The molecule has 156 valence electrons. The number of rotatable bonds is 5. The molecule has 0 spiro atoms. The average Bonchev–Trinajstić information content (AvgIpc) is 3.02. The van der Waals surface area contributed by atoms with Crippen molar-refractivity contribution in [1.82, 2.24) is 5.32 Å². The summed E-state index contributed by atoms with van der Waals surface area (Å²) in [5.74, 6) is 0.173. The van der Waals surface area contributed by atoms with Crippen molar-refractivity contribution in [2.24, 2.45) is 11.3 Å². The minimum absolute atomic E-state index is 0.104. The minimum atomic E-state index is -0.286. The second-order valence-electron chi connectivity index (χ2n) is 8.70. The number of carbonyl (C=O) groups excluding carboxylic acids is 2. The van der Waals surface area contributed by atoms with Crippen molar-refractivity contribution in [3.05, 3.63) is 50.9 Å². The van der Waals surface area contributed by atoms with Gasteiger partial charge in [0.1, 0.15) is 5.00 Å². The van der Waals surface area contributed by atoms with Crippen LogP contribution in [0.2, 0.25) is 5.02 Å². The van der Waals surface area contributed by atoms with E-state index < -0.39 is 0 Å². The van der Waals surface area contributed by atoms with Gasteiger partial charge in [-0.25, -0.2) is 0 Å². The van der Waals surface area contributed by atoms with Gasteiger partial charge in [-0.05, 0) is 54.7 Å². The number of hydrogen-bond donors (Lipinski definition) is 2. The van der Waals surface area contributed by atoms with Gasteiger partial charge in [-0.2, -0.15) is 0 Å². The molecule has 1 heterocycles. The lowest BCUT2D eigenvalue weighted by atomic mass is 9.72. The largest absolute Gasteiger partial charge is 0.352 e. The molecule has 0 radical (unpaired) electrons. The van der Waals surface area contributed by atoms with E-state index in [9.17, 15) is 9.59 Å². The van der Waals surface area contributed by atoms with Crippen LogP contribution in [0.15, 0.2) is 24.3 Å². The van der Waals surface area contributed by atoms with Crippen molar-refractivity contribution in [1.29, 1.82) is 0 Å². The monoisotopic (exact) mass is 432 g/mol. The molecule has 4 nitrogen and oxygen atoms in total. The first kappa shape index (κ1) is 21.8. The van der Waals surface area contributed by atoms with Crippen LogP contribution < -0.4 is 10.6 Å². The third kappa shape index (κ3) is 4.84. The zero-order valence-corrected chi connectivity index (χ0v) is 19.1. The fourth-order valence-corrected chi connectivity index (χ4v) is 5.34. The number of benzene rings is 1. The van der Waals surface area contributed by atoms with Crippen LogP contribution in [-0.2, 0) is 12.8 Å². The fourth-order valence-electron chi connectivity index (χ4n) is 3.80. The van der Waals surface area contributed by atoms with Gasteiger partial charge < -0.3 is 10.6 Å². The SMILES string of the molecule is CCCNC(=O)c1c(NC(=O)c2ccccc2Cl)sc2c1CC[C@@H](C(C)(C)C)C2. The first-order valence-corrected chi connectivity index (χ1v) is 11.4. The van der Waals surface area contributed by atoms with Gasteiger partial charge in [0.15, 0.2) is 0 Å². The highest BCUT2D eigenvalue weighted by Gasteiger charge is 2.34. The van der Waals surface area contributed by atoms with Gasteiger partial charge in [-0.3, -0.25) is 9.59 Å². The predicted octanol–water partition coefficient (Wildman–Crippen LogP) is 5.94. The van der Waals surface area contributed by atoms with Crippen LogP contribution in [0.5, 0.6) is 0 Å². The molecule has 0 saturated carbocycles. The summed E-state index contributed by atoms with van der Waals surface area (Å²) in [7, 11) is 0. The Balaban J connectivity index is 1.95. The van der Waals surface area contributed by atoms with E-state index in [2.05, 4.69) is 31.4 Å². The van der Waals surface area contributed by atoms with Crippen LogP contribution in [0.3, 0.4) is 0 Å². The Morgan fingerprint density at radius 2 is 1.93 bits per heavy atom. The average molecular weight is 433 g/mol. The Bertz CT molecular complexity index is 914. The molecule has 3 rings (SSSR count). The number of amides is 2. The van der Waals surface area contributed by atoms with Gasteiger partial charge >= 0.3 is 0 Å². The van der Waals surface area contributed by atoms with Crippen LogP contribution >= 0.6 is 22.9 Å². The molecule has 0 fully saturated rings. The number of thiophene rings is 1. The van der Waals surface area contributed by atoms with Crippen molar-refractivity contribution < 1.29 is 9.59 Å². The molecule has 1 aromatic heterocycles. The molecular formula is C23H29ClN2O2S. The third-order valence-electron chi connectivity index (χ3n) is 5.60. The standard InChI is InChI=1S/C23H29ClN2O2S/c1-5-12-25-21(28)19-16-11-10-14(23(2,3)4)13-18(16)29-22(19)26-20(27)15-8-6-7-9-17(15)24/h6-9,14H,5,10-13H2,1-4H3,(H,25,28)(H,26,27)/t14-/m1/s1. The highest BCUT2D eigenvalue weighted by atomic mass is 35.5. The van der Waals surface area contributed by atoms with Crippen molar-refractivity contribution in [3.63, 3.8) is 0 Å². The summed E-state index contributed by atoms with van der Waals surface area (Å²) in [6, 6.07) is 6.96. The van der Waals surface area contributed by atoms with Gasteiger partial charge in [-0.1, -0.05) is 51.4 Å². The molecule has 29 heavy (non-hydrogen) atoms. The zero-order chi connectivity index (χ0) is 21.2. The van der Waals surface area contributed by atoms with Gasteiger partial charge in [0, 0.05) is 11.4 Å². The van der Waals surface area contributed by atoms with Crippen LogP contribution in [0.1, 0.15) is 71.7 Å². The number of fused-ring (bicyclic) bond motifs is 1. The van der Waals surface area contributed by atoms with Crippen molar-refractivity contribution in [2.45, 2.75) is 53.4 Å². The second kappa shape index (κ2) is 8.88. The lowest BCUT2D eigenvalue weighted by Gasteiger charge is -2.33. The molecule has 0 aliphatic heterocycles. The normalized spacial score (nSPS) is 16.2. The fraction of sp³-hybridized carbons (Fsp3) is 0.478. The van der Waals surface area contributed by atoms with Gasteiger partial charge in [0.2, 0.25) is 0 Å². The molecule has 2 amide bonds. The predicted molar refractivity (Wildman–Crippen MR) is 121 cm³/mol. The highest BCUT2D eigenvalue weighted by Crippen LogP contribution is 2.44. The van der Waals surface area contributed by atoms with Crippen LogP contribution in [0.25, 0.3) is 0 Å². The lowest BCUT2D eigenvalue weighted by molar-refractivity contribution is 0.0953. The first-order valence-electron chi connectivity index (χ1n) is 10.2. The van der Waals surface area contributed by atoms with E-state index in [1.807, 2.05) is 6.92 Å².